The molecule has 2 heterocycles. The van der Waals surface area contributed by atoms with Crippen LogP contribution in [0.3, 0.4) is 0 Å². The summed E-state index contributed by atoms with van der Waals surface area (Å²) in [7, 11) is 4.11. The summed E-state index contributed by atoms with van der Waals surface area (Å²) < 4.78 is 11.3. The van der Waals surface area contributed by atoms with Crippen LogP contribution in [-0.2, 0) is 29.3 Å². The van der Waals surface area contributed by atoms with Crippen LogP contribution >= 0.6 is 0 Å². The second-order valence-electron chi connectivity index (χ2n) is 9.67. The van der Waals surface area contributed by atoms with Crippen LogP contribution in [0, 0.1) is 5.92 Å². The van der Waals surface area contributed by atoms with E-state index >= 15 is 0 Å². The Balaban J connectivity index is 1.50. The first kappa shape index (κ1) is 27.2. The Labute approximate surface area is 217 Å². The van der Waals surface area contributed by atoms with Gasteiger partial charge in [-0.25, -0.2) is 4.99 Å². The second-order valence-corrected chi connectivity index (χ2v) is 9.67. The van der Waals surface area contributed by atoms with E-state index in [1.807, 2.05) is 24.3 Å². The van der Waals surface area contributed by atoms with Gasteiger partial charge in [-0.1, -0.05) is 36.4 Å². The summed E-state index contributed by atoms with van der Waals surface area (Å²) in [6.45, 7) is 6.46. The highest BCUT2D eigenvalue weighted by molar-refractivity contribution is 5.86. The summed E-state index contributed by atoms with van der Waals surface area (Å²) in [5.41, 5.74) is 3.14. The van der Waals surface area contributed by atoms with Crippen molar-refractivity contribution in [2.24, 2.45) is 10.9 Å². The van der Waals surface area contributed by atoms with Crippen molar-refractivity contribution < 1.29 is 29.3 Å². The van der Waals surface area contributed by atoms with Crippen molar-refractivity contribution in [2.45, 2.75) is 31.8 Å². The zero-order valence-electron chi connectivity index (χ0n) is 21.5. The molecule has 1 fully saturated rings. The van der Waals surface area contributed by atoms with Crippen molar-refractivity contribution in [3.8, 4) is 11.5 Å². The molecule has 2 N–H and O–H groups in total. The fourth-order valence-electron chi connectivity index (χ4n) is 4.83. The van der Waals surface area contributed by atoms with Gasteiger partial charge in [-0.2, -0.15) is 5.06 Å². The molecular weight excluding hydrogens is 476 g/mol. The Kier molecular flexibility index (Phi) is 9.25. The summed E-state index contributed by atoms with van der Waals surface area (Å²) >= 11 is 0. The molecule has 0 aliphatic carbocycles. The molecule has 37 heavy (non-hydrogen) atoms. The molecule has 2 aliphatic rings. The van der Waals surface area contributed by atoms with Gasteiger partial charge in [0.1, 0.15) is 12.1 Å². The summed E-state index contributed by atoms with van der Waals surface area (Å²) in [5, 5.41) is 21.0. The lowest BCUT2D eigenvalue weighted by Gasteiger charge is -2.25. The minimum absolute atomic E-state index is 0.240. The van der Waals surface area contributed by atoms with Gasteiger partial charge in [0.15, 0.2) is 11.5 Å². The monoisotopic (exact) mass is 512 g/mol. The van der Waals surface area contributed by atoms with Gasteiger partial charge in [0.05, 0.1) is 19.8 Å². The predicted molar refractivity (Wildman–Crippen MR) is 138 cm³/mol. The van der Waals surface area contributed by atoms with Crippen LogP contribution in [0.25, 0.3) is 0 Å². The minimum Gasteiger partial charge on any atom is -0.454 e. The Hall–Kier alpha value is -2.86. The summed E-state index contributed by atoms with van der Waals surface area (Å²) in [4.78, 5) is 26.4. The number of aliphatic imine (C=N–C) groups is 1. The standard InChI is InChI=1S/C27H36N4O6/c1-28-27(34)25-22(16-32)24(17-33)37-31(25)14-20-7-4-6-19(12-20)13-30(11-10-29(2)3)15-21-8-5-9-23-26(21)36-18-35-23/h4-9,12,22,24-25,32-33H,1,10-11,13-18H2,2-3H3/t22-,24+,25+/m1/s1. The van der Waals surface area contributed by atoms with E-state index < -0.39 is 24.0 Å². The normalized spacial score (nSPS) is 21.2. The molecule has 0 aromatic heterocycles. The Bertz CT molecular complexity index is 1080. The fourth-order valence-corrected chi connectivity index (χ4v) is 4.83. The third kappa shape index (κ3) is 6.53. The van der Waals surface area contributed by atoms with Crippen LogP contribution in [0.5, 0.6) is 11.5 Å². The van der Waals surface area contributed by atoms with Crippen LogP contribution in [0.1, 0.15) is 16.7 Å². The molecule has 2 aliphatic heterocycles. The van der Waals surface area contributed by atoms with Crippen molar-refractivity contribution in [1.82, 2.24) is 14.9 Å². The smallest absolute Gasteiger partial charge is 0.265 e. The minimum atomic E-state index is -0.803. The lowest BCUT2D eigenvalue weighted by atomic mass is 9.95. The van der Waals surface area contributed by atoms with E-state index in [0.29, 0.717) is 19.6 Å². The zero-order valence-corrected chi connectivity index (χ0v) is 21.5. The van der Waals surface area contributed by atoms with Gasteiger partial charge in [0, 0.05) is 37.7 Å². The molecule has 1 saturated heterocycles. The van der Waals surface area contributed by atoms with Gasteiger partial charge < -0.3 is 24.6 Å². The molecule has 2 aromatic rings. The number of likely N-dealkylation sites (N-methyl/N-ethyl adjacent to an activating group) is 1. The van der Waals surface area contributed by atoms with Crippen LogP contribution in [0.2, 0.25) is 0 Å². The van der Waals surface area contributed by atoms with E-state index in [-0.39, 0.29) is 20.0 Å². The zero-order chi connectivity index (χ0) is 26.4. The predicted octanol–water partition coefficient (Wildman–Crippen LogP) is 1.29. The molecule has 0 spiro atoms. The topological polar surface area (TPSA) is 107 Å². The molecule has 0 unspecified atom stereocenters. The van der Waals surface area contributed by atoms with Crippen molar-refractivity contribution >= 4 is 12.6 Å². The van der Waals surface area contributed by atoms with Gasteiger partial charge in [-0.15, -0.1) is 0 Å². The quantitative estimate of drug-likeness (QED) is 0.407. The maximum Gasteiger partial charge on any atom is 0.265 e. The van der Waals surface area contributed by atoms with Crippen LogP contribution in [0.15, 0.2) is 47.5 Å². The average Bonchev–Trinajstić information content (AvgIpc) is 3.52. The average molecular weight is 513 g/mol. The van der Waals surface area contributed by atoms with Crippen molar-refractivity contribution in [1.29, 1.82) is 0 Å². The highest BCUT2D eigenvalue weighted by atomic mass is 16.7. The molecule has 0 bridgehead atoms. The Morgan fingerprint density at radius 3 is 2.59 bits per heavy atom. The van der Waals surface area contributed by atoms with Crippen LogP contribution in [0.4, 0.5) is 0 Å². The fraction of sp³-hybridized carbons (Fsp3) is 0.481. The second kappa shape index (κ2) is 12.6. The number of amides is 1. The van der Waals surface area contributed by atoms with E-state index in [9.17, 15) is 15.0 Å². The van der Waals surface area contributed by atoms with Crippen LogP contribution in [-0.4, -0.2) is 97.0 Å². The Morgan fingerprint density at radius 1 is 1.08 bits per heavy atom. The number of fused-ring (bicyclic) bond motifs is 1. The van der Waals surface area contributed by atoms with E-state index in [1.165, 1.54) is 5.06 Å². The highest BCUT2D eigenvalue weighted by Gasteiger charge is 2.46. The number of para-hydroxylation sites is 1. The molecule has 200 valence electrons. The number of hydroxylamine groups is 2. The molecular formula is C27H36N4O6. The van der Waals surface area contributed by atoms with Gasteiger partial charge in [-0.05, 0) is 38.0 Å². The van der Waals surface area contributed by atoms with Crippen molar-refractivity contribution in [3.05, 3.63) is 59.2 Å². The van der Waals surface area contributed by atoms with Crippen molar-refractivity contribution in [2.75, 3.05) is 47.2 Å². The third-order valence-corrected chi connectivity index (χ3v) is 6.74. The maximum absolute atomic E-state index is 12.5. The number of benzene rings is 2. The van der Waals surface area contributed by atoms with Gasteiger partial charge >= 0.3 is 0 Å². The lowest BCUT2D eigenvalue weighted by Crippen LogP contribution is -2.40. The van der Waals surface area contributed by atoms with Gasteiger partial charge in [0.2, 0.25) is 6.79 Å². The molecule has 4 rings (SSSR count). The van der Waals surface area contributed by atoms with Crippen LogP contribution < -0.4 is 9.47 Å². The first-order chi connectivity index (χ1) is 17.9. The summed E-state index contributed by atoms with van der Waals surface area (Å²) in [6.07, 6.45) is -0.677. The molecule has 0 saturated carbocycles. The molecule has 10 nitrogen and oxygen atoms in total. The summed E-state index contributed by atoms with van der Waals surface area (Å²) in [6, 6.07) is 13.3. The lowest BCUT2D eigenvalue weighted by molar-refractivity contribution is -0.180. The number of carbonyl (C=O) groups is 1. The first-order valence-corrected chi connectivity index (χ1v) is 12.4. The number of aliphatic hydroxyl groups excluding tert-OH is 2. The first-order valence-electron chi connectivity index (χ1n) is 12.4. The SMILES string of the molecule is C=NC(=O)[C@@H]1[C@H](CO)[C@H](CO)ON1Cc1cccc(CN(CCN(C)C)Cc2cccc3c2OCO3)c1. The van der Waals surface area contributed by atoms with E-state index in [0.717, 1.165) is 41.3 Å². The molecule has 10 heteroatoms. The Morgan fingerprint density at radius 2 is 1.86 bits per heavy atom. The number of aliphatic hydroxyl groups is 2. The number of hydrogen-bond acceptors (Lipinski definition) is 9. The molecule has 3 atom stereocenters. The van der Waals surface area contributed by atoms with E-state index in [1.54, 1.807) is 0 Å². The van der Waals surface area contributed by atoms with E-state index in [4.69, 9.17) is 14.3 Å². The summed E-state index contributed by atoms with van der Waals surface area (Å²) in [5.74, 6) is 0.521. The van der Waals surface area contributed by atoms with E-state index in [2.05, 4.69) is 53.8 Å². The van der Waals surface area contributed by atoms with Gasteiger partial charge in [-0.3, -0.25) is 14.5 Å². The molecule has 1 amide bonds. The maximum atomic E-state index is 12.5. The largest absolute Gasteiger partial charge is 0.454 e. The number of ether oxygens (including phenoxy) is 2. The molecule has 0 radical (unpaired) electrons. The number of hydrogen-bond donors (Lipinski definition) is 2. The molecule has 2 aromatic carbocycles. The number of carbonyl (C=O) groups excluding carboxylic acids is 1. The highest BCUT2D eigenvalue weighted by Crippen LogP contribution is 2.36. The van der Waals surface area contributed by atoms with Gasteiger partial charge in [0.25, 0.3) is 5.91 Å². The number of rotatable bonds is 12. The number of nitrogens with zero attached hydrogens (tertiary/aromatic N) is 4. The third-order valence-electron chi connectivity index (χ3n) is 6.74. The van der Waals surface area contributed by atoms with Crippen molar-refractivity contribution in [3.63, 3.8) is 0 Å².